The number of carboxylic acid groups (broad SMARTS) is 1. The number of aliphatic carboxylic acids is 1. The number of benzene rings is 1. The van der Waals surface area contributed by atoms with E-state index in [1.807, 2.05) is 24.3 Å². The number of para-hydroxylation sites is 2. The number of rotatable bonds is 6. The monoisotopic (exact) mass is 369 g/mol. The van der Waals surface area contributed by atoms with E-state index in [-0.39, 0.29) is 11.9 Å². The molecule has 0 aromatic heterocycles. The third kappa shape index (κ3) is 6.38. The Kier molecular flexibility index (Phi) is 6.41. The van der Waals surface area contributed by atoms with E-state index >= 15 is 0 Å². The normalized spacial score (nSPS) is 17.5. The zero-order valence-corrected chi connectivity index (χ0v) is 15.3. The van der Waals surface area contributed by atoms with Crippen molar-refractivity contribution < 1.29 is 28.9 Å². The lowest BCUT2D eigenvalue weighted by Gasteiger charge is -2.26. The summed E-state index contributed by atoms with van der Waals surface area (Å²) in [7, 11) is 0. The fourth-order valence-corrected chi connectivity index (χ4v) is 3.11. The van der Waals surface area contributed by atoms with Crippen molar-refractivity contribution in [1.82, 2.24) is 5.32 Å². The van der Waals surface area contributed by atoms with Crippen LogP contribution in [-0.2, 0) is 9.53 Å². The topological polar surface area (TPSA) is 94.1 Å². The summed E-state index contributed by atoms with van der Waals surface area (Å²) in [5, 5.41) is 11.6. The molecular weight excluding hydrogens is 346 g/mol. The Balaban J connectivity index is 1.78. The summed E-state index contributed by atoms with van der Waals surface area (Å²) in [6.45, 7) is 5.56. The molecule has 2 unspecified atom stereocenters. The summed E-state index contributed by atoms with van der Waals surface area (Å²) in [6, 6.07) is 6.37. The minimum Gasteiger partial charge on any atom is -0.486 e. The van der Waals surface area contributed by atoms with Crippen molar-refractivity contribution in [2.45, 2.75) is 38.5 Å². The first-order chi connectivity index (χ1) is 11.7. The molecule has 0 spiro atoms. The van der Waals surface area contributed by atoms with Gasteiger partial charge in [-0.1, -0.05) is 12.1 Å². The Bertz CT molecular complexity index is 615. The molecule has 0 saturated carbocycles. The van der Waals surface area contributed by atoms with Crippen LogP contribution < -0.4 is 14.8 Å². The Labute approximate surface area is 151 Å². The number of alkyl carbamates (subject to hydrolysis) is 1. The molecule has 2 rings (SSSR count). The summed E-state index contributed by atoms with van der Waals surface area (Å²) in [5.74, 6) is 1.04. The van der Waals surface area contributed by atoms with Crippen LogP contribution >= 0.6 is 11.8 Å². The van der Waals surface area contributed by atoms with Crippen molar-refractivity contribution in [1.29, 1.82) is 0 Å². The second-order valence-electron chi connectivity index (χ2n) is 6.57. The van der Waals surface area contributed by atoms with Crippen LogP contribution in [0.3, 0.4) is 0 Å². The number of ether oxygens (including phenoxy) is 3. The molecule has 0 fully saturated rings. The first kappa shape index (κ1) is 19.2. The summed E-state index contributed by atoms with van der Waals surface area (Å²) in [4.78, 5) is 23.0. The van der Waals surface area contributed by atoms with E-state index in [4.69, 9.17) is 14.2 Å². The Morgan fingerprint density at radius 3 is 2.68 bits per heavy atom. The molecule has 0 bridgehead atoms. The highest BCUT2D eigenvalue weighted by Crippen LogP contribution is 2.31. The first-order valence-electron chi connectivity index (χ1n) is 7.93. The van der Waals surface area contributed by atoms with Gasteiger partial charge >= 0.3 is 12.1 Å². The number of carbonyl (C=O) groups is 2. The number of carbonyl (C=O) groups excluding carboxylic acids is 1. The van der Waals surface area contributed by atoms with Crippen LogP contribution in [0.2, 0.25) is 0 Å². The van der Waals surface area contributed by atoms with Crippen LogP contribution in [0.1, 0.15) is 20.8 Å². The van der Waals surface area contributed by atoms with Crippen LogP contribution in [0.4, 0.5) is 4.79 Å². The summed E-state index contributed by atoms with van der Waals surface area (Å²) in [6.07, 6.45) is -0.914. The number of nitrogens with one attached hydrogen (secondary N) is 1. The third-order valence-electron chi connectivity index (χ3n) is 3.14. The molecule has 0 saturated heterocycles. The predicted octanol–water partition coefficient (Wildman–Crippen LogP) is 2.54. The summed E-state index contributed by atoms with van der Waals surface area (Å²) < 4.78 is 16.5. The van der Waals surface area contributed by atoms with Gasteiger partial charge in [0.05, 0.1) is 0 Å². The van der Waals surface area contributed by atoms with Crippen LogP contribution in [0.15, 0.2) is 24.3 Å². The SMILES string of the molecule is CC(C)(C)OC(=O)NC(CSCC1COc2ccccc2O1)C(=O)O. The maximum atomic E-state index is 11.7. The van der Waals surface area contributed by atoms with Gasteiger partial charge in [-0.3, -0.25) is 0 Å². The maximum Gasteiger partial charge on any atom is 0.408 e. The molecule has 1 heterocycles. The summed E-state index contributed by atoms with van der Waals surface area (Å²) >= 11 is 1.37. The van der Waals surface area contributed by atoms with E-state index < -0.39 is 23.7 Å². The molecule has 1 aliphatic rings. The average molecular weight is 369 g/mol. The molecule has 0 aliphatic carbocycles. The van der Waals surface area contributed by atoms with E-state index in [0.29, 0.717) is 23.9 Å². The minimum absolute atomic E-state index is 0.170. The van der Waals surface area contributed by atoms with Gasteiger partial charge in [0.1, 0.15) is 24.4 Å². The fraction of sp³-hybridized carbons (Fsp3) is 0.529. The third-order valence-corrected chi connectivity index (χ3v) is 4.32. The number of carboxylic acids is 1. The van der Waals surface area contributed by atoms with E-state index in [0.717, 1.165) is 0 Å². The minimum atomic E-state index is -1.11. The molecule has 2 atom stereocenters. The number of hydrogen-bond acceptors (Lipinski definition) is 6. The molecule has 1 amide bonds. The average Bonchev–Trinajstić information content (AvgIpc) is 2.52. The first-order valence-corrected chi connectivity index (χ1v) is 9.08. The second-order valence-corrected chi connectivity index (χ2v) is 7.65. The molecule has 25 heavy (non-hydrogen) atoms. The summed E-state index contributed by atoms with van der Waals surface area (Å²) in [5.41, 5.74) is -0.680. The van der Waals surface area contributed by atoms with Crippen LogP contribution in [0, 0.1) is 0 Å². The van der Waals surface area contributed by atoms with Gasteiger partial charge in [-0.25, -0.2) is 9.59 Å². The van der Waals surface area contributed by atoms with Gasteiger partial charge in [0.2, 0.25) is 0 Å². The molecule has 1 aliphatic heterocycles. The zero-order chi connectivity index (χ0) is 18.4. The largest absolute Gasteiger partial charge is 0.486 e. The van der Waals surface area contributed by atoms with E-state index in [2.05, 4.69) is 5.32 Å². The molecule has 2 N–H and O–H groups in total. The highest BCUT2D eigenvalue weighted by Gasteiger charge is 2.25. The number of fused-ring (bicyclic) bond motifs is 1. The molecule has 1 aromatic carbocycles. The molecular formula is C17H23NO6S. The standard InChI is InChI=1S/C17H23NO6S/c1-17(2,3)24-16(21)18-12(15(19)20)10-25-9-11-8-22-13-6-4-5-7-14(13)23-11/h4-7,11-12H,8-10H2,1-3H3,(H,18,21)(H,19,20). The van der Waals surface area contributed by atoms with Gasteiger partial charge in [-0.05, 0) is 32.9 Å². The second kappa shape index (κ2) is 8.33. The lowest BCUT2D eigenvalue weighted by atomic mass is 10.2. The molecule has 7 nitrogen and oxygen atoms in total. The smallest absolute Gasteiger partial charge is 0.408 e. The van der Waals surface area contributed by atoms with Crippen LogP contribution in [0.25, 0.3) is 0 Å². The van der Waals surface area contributed by atoms with Gasteiger partial charge < -0.3 is 24.6 Å². The number of hydrogen-bond donors (Lipinski definition) is 2. The van der Waals surface area contributed by atoms with Crippen LogP contribution in [0.5, 0.6) is 11.5 Å². The van der Waals surface area contributed by atoms with E-state index in [1.165, 1.54) is 11.8 Å². The van der Waals surface area contributed by atoms with Crippen molar-refractivity contribution in [2.24, 2.45) is 0 Å². The lowest BCUT2D eigenvalue weighted by Crippen LogP contribution is -2.45. The van der Waals surface area contributed by atoms with Gasteiger partial charge in [0, 0.05) is 11.5 Å². The van der Waals surface area contributed by atoms with Gasteiger partial charge in [0.25, 0.3) is 0 Å². The zero-order valence-electron chi connectivity index (χ0n) is 14.5. The van der Waals surface area contributed by atoms with Crippen molar-refractivity contribution in [3.8, 4) is 11.5 Å². The van der Waals surface area contributed by atoms with Crippen molar-refractivity contribution in [3.05, 3.63) is 24.3 Å². The van der Waals surface area contributed by atoms with Crippen molar-refractivity contribution in [2.75, 3.05) is 18.1 Å². The Morgan fingerprint density at radius 2 is 2.04 bits per heavy atom. The van der Waals surface area contributed by atoms with Gasteiger partial charge in [-0.15, -0.1) is 0 Å². The fourth-order valence-electron chi connectivity index (χ4n) is 2.09. The highest BCUT2D eigenvalue weighted by molar-refractivity contribution is 7.99. The molecule has 0 radical (unpaired) electrons. The van der Waals surface area contributed by atoms with Gasteiger partial charge in [0.15, 0.2) is 11.5 Å². The molecule has 138 valence electrons. The van der Waals surface area contributed by atoms with E-state index in [9.17, 15) is 14.7 Å². The number of amides is 1. The van der Waals surface area contributed by atoms with Crippen molar-refractivity contribution >= 4 is 23.8 Å². The van der Waals surface area contributed by atoms with Crippen LogP contribution in [-0.4, -0.2) is 53.0 Å². The quantitative estimate of drug-likeness (QED) is 0.796. The Morgan fingerprint density at radius 1 is 1.36 bits per heavy atom. The lowest BCUT2D eigenvalue weighted by molar-refractivity contribution is -0.138. The Hall–Kier alpha value is -2.09. The van der Waals surface area contributed by atoms with Crippen molar-refractivity contribution in [3.63, 3.8) is 0 Å². The highest BCUT2D eigenvalue weighted by atomic mass is 32.2. The number of thioether (sulfide) groups is 1. The predicted molar refractivity (Wildman–Crippen MR) is 94.5 cm³/mol. The molecule has 1 aromatic rings. The molecule has 8 heteroatoms. The maximum absolute atomic E-state index is 11.7. The van der Waals surface area contributed by atoms with E-state index in [1.54, 1.807) is 20.8 Å². The van der Waals surface area contributed by atoms with Gasteiger partial charge in [-0.2, -0.15) is 11.8 Å².